The van der Waals surface area contributed by atoms with Gasteiger partial charge in [-0.3, -0.25) is 4.57 Å². The molecule has 0 aliphatic rings. The third-order valence-corrected chi connectivity index (χ3v) is 13.5. The summed E-state index contributed by atoms with van der Waals surface area (Å²) in [5.41, 5.74) is 12.0. The predicted octanol–water partition coefficient (Wildman–Crippen LogP) is 15.1. The normalized spacial score (nSPS) is 11.8. The van der Waals surface area contributed by atoms with Crippen LogP contribution in [0.15, 0.2) is 212 Å². The van der Waals surface area contributed by atoms with Crippen molar-refractivity contribution in [1.82, 2.24) is 24.1 Å². The van der Waals surface area contributed by atoms with Gasteiger partial charge in [0.05, 0.1) is 22.1 Å². The Balaban J connectivity index is 1.07. The van der Waals surface area contributed by atoms with Crippen LogP contribution in [-0.2, 0) is 0 Å². The van der Waals surface area contributed by atoms with E-state index in [2.05, 4.69) is 203 Å². The Bertz CT molecular complexity index is 3900. The Morgan fingerprint density at radius 2 is 0.794 bits per heavy atom. The molecule has 0 atom stereocenters. The van der Waals surface area contributed by atoms with Crippen LogP contribution in [0.3, 0.4) is 0 Å². The van der Waals surface area contributed by atoms with E-state index >= 15 is 0 Å². The first kappa shape index (κ1) is 35.6. The van der Waals surface area contributed by atoms with Crippen molar-refractivity contribution in [3.05, 3.63) is 212 Å². The van der Waals surface area contributed by atoms with Gasteiger partial charge in [0.1, 0.15) is 0 Å². The van der Waals surface area contributed by atoms with Crippen molar-refractivity contribution < 1.29 is 0 Å². The minimum atomic E-state index is 0.568. The molecule has 13 aromatic rings. The summed E-state index contributed by atoms with van der Waals surface area (Å²) in [6.07, 6.45) is 0. The number of para-hydroxylation sites is 2. The minimum absolute atomic E-state index is 0.568. The molecule has 6 heteroatoms. The van der Waals surface area contributed by atoms with Crippen LogP contribution in [0.1, 0.15) is 0 Å². The molecule has 0 saturated carbocycles. The third-order valence-electron chi connectivity index (χ3n) is 12.4. The topological polar surface area (TPSA) is 48.5 Å². The van der Waals surface area contributed by atoms with Crippen LogP contribution in [0.4, 0.5) is 0 Å². The molecule has 0 aliphatic heterocycles. The zero-order valence-corrected chi connectivity index (χ0v) is 34.7. The highest BCUT2D eigenvalue weighted by atomic mass is 32.1. The van der Waals surface area contributed by atoms with Crippen LogP contribution >= 0.6 is 11.3 Å². The summed E-state index contributed by atoms with van der Waals surface area (Å²) >= 11 is 1.80. The van der Waals surface area contributed by atoms with Crippen LogP contribution in [0.2, 0.25) is 0 Å². The van der Waals surface area contributed by atoms with E-state index in [4.69, 9.17) is 15.0 Å². The smallest absolute Gasteiger partial charge is 0.238 e. The lowest BCUT2D eigenvalue weighted by atomic mass is 9.94. The molecular weight excluding hydrogens is 787 g/mol. The average Bonchev–Trinajstić information content (AvgIpc) is 4.02. The molecule has 294 valence electrons. The Morgan fingerprint density at radius 1 is 0.317 bits per heavy atom. The van der Waals surface area contributed by atoms with Gasteiger partial charge in [-0.2, -0.15) is 9.97 Å². The van der Waals surface area contributed by atoms with Crippen molar-refractivity contribution in [1.29, 1.82) is 0 Å². The number of hydrogen-bond acceptors (Lipinski definition) is 4. The summed E-state index contributed by atoms with van der Waals surface area (Å²) in [5, 5.41) is 7.11. The fourth-order valence-electron chi connectivity index (χ4n) is 9.55. The molecule has 5 nitrogen and oxygen atoms in total. The fourth-order valence-corrected chi connectivity index (χ4v) is 10.7. The van der Waals surface area contributed by atoms with Gasteiger partial charge in [-0.1, -0.05) is 176 Å². The van der Waals surface area contributed by atoms with E-state index in [1.54, 1.807) is 11.3 Å². The summed E-state index contributed by atoms with van der Waals surface area (Å²) in [6, 6.07) is 75.6. The van der Waals surface area contributed by atoms with Crippen molar-refractivity contribution in [3.8, 4) is 56.7 Å². The Morgan fingerprint density at radius 3 is 1.48 bits per heavy atom. The van der Waals surface area contributed by atoms with E-state index in [1.807, 2.05) is 18.2 Å². The second-order valence-electron chi connectivity index (χ2n) is 16.0. The molecule has 0 unspecified atom stereocenters. The van der Waals surface area contributed by atoms with Crippen molar-refractivity contribution in [2.75, 3.05) is 0 Å². The number of aromatic nitrogens is 5. The van der Waals surface area contributed by atoms with Gasteiger partial charge >= 0.3 is 0 Å². The van der Waals surface area contributed by atoms with E-state index < -0.39 is 0 Å². The molecule has 0 N–H and O–H groups in total. The largest absolute Gasteiger partial charge is 0.307 e. The summed E-state index contributed by atoms with van der Waals surface area (Å²) < 4.78 is 7.16. The maximum absolute atomic E-state index is 5.41. The number of thiophene rings is 1. The van der Waals surface area contributed by atoms with Gasteiger partial charge in [0.2, 0.25) is 5.95 Å². The molecule has 0 radical (unpaired) electrons. The first-order chi connectivity index (χ1) is 31.2. The molecule has 0 fully saturated rings. The van der Waals surface area contributed by atoms with Gasteiger partial charge in [-0.15, -0.1) is 11.3 Å². The molecule has 0 amide bonds. The Labute approximate surface area is 366 Å². The monoisotopic (exact) mass is 821 g/mol. The summed E-state index contributed by atoms with van der Waals surface area (Å²) in [5.74, 6) is 1.82. The number of rotatable bonds is 6. The standard InChI is InChI=1S/C57H35N5S/c1-3-15-36(16-4-1)41-19-7-8-20-42(41)37-27-30-40(31-28-37)61-49-24-12-9-21-43(49)47-33-34-48-44-22-10-13-25-50(44)62(54(48)53(47)61)57-59-55(38-17-5-2-6-18-38)58-56(60-57)39-29-32-46-45-23-11-14-26-51(45)63-52(46)35-39/h1-35H. The van der Waals surface area contributed by atoms with Gasteiger partial charge in [-0.05, 0) is 58.7 Å². The maximum atomic E-state index is 5.41. The second-order valence-corrected chi connectivity index (χ2v) is 17.1. The van der Waals surface area contributed by atoms with Gasteiger partial charge in [0.15, 0.2) is 11.6 Å². The van der Waals surface area contributed by atoms with Crippen molar-refractivity contribution in [3.63, 3.8) is 0 Å². The SMILES string of the molecule is c1ccc(-c2nc(-c3ccc4c(c3)sc3ccccc34)nc(-n3c4ccccc4c4ccc5c6ccccc6n(-c6ccc(-c7ccccc7-c7ccccc7)cc6)c5c43)n2)cc1. The lowest BCUT2D eigenvalue weighted by Gasteiger charge is -2.14. The molecule has 9 aromatic carbocycles. The van der Waals surface area contributed by atoms with Crippen LogP contribution in [0.5, 0.6) is 0 Å². The van der Waals surface area contributed by atoms with Crippen LogP contribution in [0.25, 0.3) is 120 Å². The molecule has 0 bridgehead atoms. The highest BCUT2D eigenvalue weighted by molar-refractivity contribution is 7.25. The Kier molecular flexibility index (Phi) is 8.01. The summed E-state index contributed by atoms with van der Waals surface area (Å²) in [4.78, 5) is 15.9. The lowest BCUT2D eigenvalue weighted by molar-refractivity contribution is 0.953. The molecular formula is C57H35N5S. The second kappa shape index (κ2) is 14.2. The molecule has 0 saturated heterocycles. The highest BCUT2D eigenvalue weighted by Crippen LogP contribution is 2.43. The average molecular weight is 822 g/mol. The van der Waals surface area contributed by atoms with Gasteiger partial charge in [0, 0.05) is 58.5 Å². The van der Waals surface area contributed by atoms with E-state index in [-0.39, 0.29) is 0 Å². The minimum Gasteiger partial charge on any atom is -0.307 e. The van der Waals surface area contributed by atoms with E-state index in [0.717, 1.165) is 55.0 Å². The number of fused-ring (bicyclic) bond motifs is 10. The van der Waals surface area contributed by atoms with Crippen molar-refractivity contribution >= 4 is 75.1 Å². The van der Waals surface area contributed by atoms with E-state index in [0.29, 0.717) is 17.6 Å². The quantitative estimate of drug-likeness (QED) is 0.168. The van der Waals surface area contributed by atoms with Gasteiger partial charge < -0.3 is 4.57 Å². The molecule has 4 aromatic heterocycles. The van der Waals surface area contributed by atoms with E-state index in [1.165, 1.54) is 47.8 Å². The van der Waals surface area contributed by atoms with Gasteiger partial charge in [0.25, 0.3) is 0 Å². The molecule has 0 spiro atoms. The first-order valence-electron chi connectivity index (χ1n) is 21.2. The molecule has 63 heavy (non-hydrogen) atoms. The zero-order chi connectivity index (χ0) is 41.4. The van der Waals surface area contributed by atoms with Crippen molar-refractivity contribution in [2.24, 2.45) is 0 Å². The number of benzene rings is 9. The molecule has 4 heterocycles. The van der Waals surface area contributed by atoms with Crippen LogP contribution < -0.4 is 0 Å². The van der Waals surface area contributed by atoms with Crippen molar-refractivity contribution in [2.45, 2.75) is 0 Å². The third kappa shape index (κ3) is 5.66. The van der Waals surface area contributed by atoms with E-state index in [9.17, 15) is 0 Å². The predicted molar refractivity (Wildman–Crippen MR) is 263 cm³/mol. The highest BCUT2D eigenvalue weighted by Gasteiger charge is 2.24. The maximum Gasteiger partial charge on any atom is 0.238 e. The summed E-state index contributed by atoms with van der Waals surface area (Å²) in [7, 11) is 0. The molecule has 13 rings (SSSR count). The molecule has 0 aliphatic carbocycles. The first-order valence-corrected chi connectivity index (χ1v) is 22.0. The zero-order valence-electron chi connectivity index (χ0n) is 33.9. The lowest BCUT2D eigenvalue weighted by Crippen LogP contribution is -2.07. The number of hydrogen-bond donors (Lipinski definition) is 0. The Hall–Kier alpha value is -8.19. The van der Waals surface area contributed by atoms with Crippen LogP contribution in [0, 0.1) is 0 Å². The number of nitrogens with zero attached hydrogens (tertiary/aromatic N) is 5. The van der Waals surface area contributed by atoms with Gasteiger partial charge in [-0.25, -0.2) is 4.98 Å². The fraction of sp³-hybridized carbons (Fsp3) is 0. The summed E-state index contributed by atoms with van der Waals surface area (Å²) in [6.45, 7) is 0. The van der Waals surface area contributed by atoms with Crippen LogP contribution in [-0.4, -0.2) is 24.1 Å².